The molecule has 2 amide bonds. The van der Waals surface area contributed by atoms with Crippen molar-refractivity contribution >= 4 is 29.3 Å². The summed E-state index contributed by atoms with van der Waals surface area (Å²) in [7, 11) is 1.49. The van der Waals surface area contributed by atoms with E-state index in [1.54, 1.807) is 39.0 Å². The zero-order valence-corrected chi connectivity index (χ0v) is 13.2. The molecule has 1 aromatic rings. The van der Waals surface area contributed by atoms with E-state index in [-0.39, 0.29) is 6.54 Å². The van der Waals surface area contributed by atoms with Gasteiger partial charge in [-0.1, -0.05) is 11.6 Å². The van der Waals surface area contributed by atoms with Gasteiger partial charge >= 0.3 is 12.0 Å². The van der Waals surface area contributed by atoms with Crippen LogP contribution in [0, 0.1) is 0 Å². The topological polar surface area (TPSA) is 78.9 Å². The molecule has 0 heterocycles. The molecule has 0 saturated heterocycles. The van der Waals surface area contributed by atoms with Crippen LogP contribution in [0.2, 0.25) is 5.02 Å². The van der Waals surface area contributed by atoms with Crippen molar-refractivity contribution in [2.75, 3.05) is 19.0 Å². The monoisotopic (exact) mass is 314 g/mol. The lowest BCUT2D eigenvalue weighted by Crippen LogP contribution is -2.50. The Labute approximate surface area is 128 Å². The second-order valence-corrected chi connectivity index (χ2v) is 5.84. The first-order valence-electron chi connectivity index (χ1n) is 6.29. The Morgan fingerprint density at radius 3 is 2.43 bits per heavy atom. The maximum Gasteiger partial charge on any atom is 0.323 e. The minimum absolute atomic E-state index is 0.357. The van der Waals surface area contributed by atoms with Crippen molar-refractivity contribution < 1.29 is 19.4 Å². The minimum Gasteiger partial charge on any atom is -0.495 e. The minimum atomic E-state index is -1.08. The Morgan fingerprint density at radius 2 is 2.00 bits per heavy atom. The van der Waals surface area contributed by atoms with Gasteiger partial charge in [-0.15, -0.1) is 0 Å². The molecule has 0 saturated carbocycles. The summed E-state index contributed by atoms with van der Waals surface area (Å²) in [6.07, 6.45) is 0. The van der Waals surface area contributed by atoms with Gasteiger partial charge in [0.25, 0.3) is 0 Å². The normalized spacial score (nSPS) is 10.9. The van der Waals surface area contributed by atoms with Crippen LogP contribution < -0.4 is 10.1 Å². The van der Waals surface area contributed by atoms with Crippen molar-refractivity contribution in [1.29, 1.82) is 0 Å². The van der Waals surface area contributed by atoms with Gasteiger partial charge in [0, 0.05) is 11.2 Å². The number of hydrogen-bond acceptors (Lipinski definition) is 3. The highest BCUT2D eigenvalue weighted by Gasteiger charge is 2.28. The van der Waals surface area contributed by atoms with Crippen molar-refractivity contribution in [2.24, 2.45) is 0 Å². The molecule has 0 aliphatic carbocycles. The number of ether oxygens (including phenoxy) is 1. The Hall–Kier alpha value is -1.95. The summed E-state index contributed by atoms with van der Waals surface area (Å²) in [4.78, 5) is 24.4. The predicted octanol–water partition coefficient (Wildman–Crippen LogP) is 3.07. The van der Waals surface area contributed by atoms with Crippen LogP contribution in [-0.2, 0) is 4.79 Å². The van der Waals surface area contributed by atoms with Crippen LogP contribution in [0.25, 0.3) is 0 Å². The lowest BCUT2D eigenvalue weighted by atomic mass is 10.1. The lowest BCUT2D eigenvalue weighted by molar-refractivity contribution is -0.138. The van der Waals surface area contributed by atoms with Crippen LogP contribution in [0.4, 0.5) is 10.5 Å². The van der Waals surface area contributed by atoms with Crippen molar-refractivity contribution in [3.8, 4) is 5.75 Å². The van der Waals surface area contributed by atoms with E-state index < -0.39 is 17.5 Å². The third kappa shape index (κ3) is 4.82. The van der Waals surface area contributed by atoms with Gasteiger partial charge < -0.3 is 20.1 Å². The molecular formula is C14H19ClN2O4. The number of carbonyl (C=O) groups excluding carboxylic acids is 1. The Morgan fingerprint density at radius 1 is 1.38 bits per heavy atom. The van der Waals surface area contributed by atoms with E-state index in [4.69, 9.17) is 21.4 Å². The fourth-order valence-electron chi connectivity index (χ4n) is 1.68. The Bertz CT molecular complexity index is 540. The second-order valence-electron chi connectivity index (χ2n) is 5.43. The summed E-state index contributed by atoms with van der Waals surface area (Å²) >= 11 is 5.98. The number of carboxylic acids is 1. The largest absolute Gasteiger partial charge is 0.495 e. The van der Waals surface area contributed by atoms with Crippen molar-refractivity contribution in [3.63, 3.8) is 0 Å². The van der Waals surface area contributed by atoms with E-state index in [9.17, 15) is 9.59 Å². The quantitative estimate of drug-likeness (QED) is 0.895. The zero-order valence-electron chi connectivity index (χ0n) is 12.4. The molecule has 2 N–H and O–H groups in total. The predicted molar refractivity (Wildman–Crippen MR) is 81.1 cm³/mol. The van der Waals surface area contributed by atoms with Gasteiger partial charge in [-0.25, -0.2) is 4.79 Å². The number of nitrogens with zero attached hydrogens (tertiary/aromatic N) is 1. The average molecular weight is 315 g/mol. The van der Waals surface area contributed by atoms with Crippen LogP contribution in [0.15, 0.2) is 18.2 Å². The van der Waals surface area contributed by atoms with Gasteiger partial charge in [-0.3, -0.25) is 4.79 Å². The number of urea groups is 1. The molecule has 21 heavy (non-hydrogen) atoms. The van der Waals surface area contributed by atoms with E-state index in [0.717, 1.165) is 0 Å². The van der Waals surface area contributed by atoms with E-state index in [2.05, 4.69) is 5.32 Å². The summed E-state index contributed by atoms with van der Waals surface area (Å²) in [6.45, 7) is 4.89. The van der Waals surface area contributed by atoms with Crippen molar-refractivity contribution in [2.45, 2.75) is 26.3 Å². The number of amides is 2. The number of halogens is 1. The van der Waals surface area contributed by atoms with E-state index in [1.807, 2.05) is 0 Å². The van der Waals surface area contributed by atoms with Crippen molar-refractivity contribution in [3.05, 3.63) is 23.2 Å². The van der Waals surface area contributed by atoms with E-state index in [0.29, 0.717) is 16.5 Å². The maximum atomic E-state index is 12.2. The number of benzene rings is 1. The molecule has 7 heteroatoms. The van der Waals surface area contributed by atoms with Crippen LogP contribution in [0.5, 0.6) is 5.75 Å². The molecule has 1 rings (SSSR count). The highest BCUT2D eigenvalue weighted by atomic mass is 35.5. The van der Waals surface area contributed by atoms with Gasteiger partial charge in [-0.05, 0) is 39.0 Å². The fraction of sp³-hybridized carbons (Fsp3) is 0.429. The number of methoxy groups -OCH3 is 1. The standard InChI is InChI=1S/C14H19ClN2O4/c1-14(2,3)17(8-12(18)19)13(20)16-9-5-6-11(21-4)10(15)7-9/h5-7H,8H2,1-4H3,(H,16,20)(H,18,19). The van der Waals surface area contributed by atoms with Gasteiger partial charge in [0.15, 0.2) is 0 Å². The van der Waals surface area contributed by atoms with Crippen LogP contribution >= 0.6 is 11.6 Å². The summed E-state index contributed by atoms with van der Waals surface area (Å²) in [6, 6.07) is 4.28. The fourth-order valence-corrected chi connectivity index (χ4v) is 1.94. The van der Waals surface area contributed by atoms with Gasteiger partial charge in [0.05, 0.1) is 12.1 Å². The molecule has 116 valence electrons. The molecule has 0 aromatic heterocycles. The van der Waals surface area contributed by atoms with Crippen molar-refractivity contribution in [1.82, 2.24) is 4.90 Å². The number of nitrogens with one attached hydrogen (secondary N) is 1. The average Bonchev–Trinajstić information content (AvgIpc) is 2.34. The van der Waals surface area contributed by atoms with E-state index in [1.165, 1.54) is 12.0 Å². The van der Waals surface area contributed by atoms with Gasteiger partial charge in [0.2, 0.25) is 0 Å². The molecule has 6 nitrogen and oxygen atoms in total. The number of rotatable bonds is 4. The first-order valence-corrected chi connectivity index (χ1v) is 6.67. The lowest BCUT2D eigenvalue weighted by Gasteiger charge is -2.34. The third-order valence-electron chi connectivity index (χ3n) is 2.75. The molecule has 0 aliphatic rings. The molecule has 0 radical (unpaired) electrons. The molecule has 0 unspecified atom stereocenters. The molecule has 0 spiro atoms. The number of carbonyl (C=O) groups is 2. The molecular weight excluding hydrogens is 296 g/mol. The first-order chi connectivity index (χ1) is 9.65. The number of anilines is 1. The number of hydrogen-bond donors (Lipinski definition) is 2. The summed E-state index contributed by atoms with van der Waals surface area (Å²) in [5.74, 6) is -0.583. The molecule has 0 aliphatic heterocycles. The number of aliphatic carboxylic acids is 1. The smallest absolute Gasteiger partial charge is 0.323 e. The first kappa shape index (κ1) is 17.1. The Kier molecular flexibility index (Phi) is 5.43. The maximum absolute atomic E-state index is 12.2. The summed E-state index contributed by atoms with van der Waals surface area (Å²) in [5, 5.41) is 11.9. The van der Waals surface area contributed by atoms with E-state index >= 15 is 0 Å². The summed E-state index contributed by atoms with van der Waals surface area (Å²) < 4.78 is 5.03. The van der Waals surface area contributed by atoms with Crippen LogP contribution in [0.1, 0.15) is 20.8 Å². The van der Waals surface area contributed by atoms with Crippen LogP contribution in [-0.4, -0.2) is 41.2 Å². The molecule has 1 aromatic carbocycles. The highest BCUT2D eigenvalue weighted by Crippen LogP contribution is 2.27. The highest BCUT2D eigenvalue weighted by molar-refractivity contribution is 6.32. The molecule has 0 bridgehead atoms. The third-order valence-corrected chi connectivity index (χ3v) is 3.05. The molecule has 0 fully saturated rings. The van der Waals surface area contributed by atoms with Gasteiger partial charge in [-0.2, -0.15) is 0 Å². The van der Waals surface area contributed by atoms with Gasteiger partial charge in [0.1, 0.15) is 12.3 Å². The number of carboxylic acid groups (broad SMARTS) is 1. The molecule has 0 atom stereocenters. The Balaban J connectivity index is 2.91. The SMILES string of the molecule is COc1ccc(NC(=O)N(CC(=O)O)C(C)(C)C)cc1Cl. The summed E-state index contributed by atoms with van der Waals surface area (Å²) in [5.41, 5.74) is -0.163. The second kappa shape index (κ2) is 6.67. The zero-order chi connectivity index (χ0) is 16.2. The van der Waals surface area contributed by atoms with Crippen LogP contribution in [0.3, 0.4) is 0 Å².